The molecule has 0 radical (unpaired) electrons. The van der Waals surface area contributed by atoms with Crippen molar-refractivity contribution < 1.29 is 9.47 Å². The zero-order valence-corrected chi connectivity index (χ0v) is 13.6. The fourth-order valence-corrected chi connectivity index (χ4v) is 3.52. The molecule has 3 atom stereocenters. The molecule has 0 N–H and O–H groups in total. The summed E-state index contributed by atoms with van der Waals surface area (Å²) in [6.45, 7) is 8.44. The van der Waals surface area contributed by atoms with Crippen LogP contribution in [0.5, 0.6) is 0 Å². The largest absolute Gasteiger partial charge is 0.350 e. The predicted octanol–water partition coefficient (Wildman–Crippen LogP) is 2.99. The van der Waals surface area contributed by atoms with Gasteiger partial charge >= 0.3 is 0 Å². The molecule has 1 saturated heterocycles. The molecule has 3 unspecified atom stereocenters. The Balaban J connectivity index is 2.17. The third-order valence-corrected chi connectivity index (χ3v) is 4.64. The molecule has 1 aliphatic heterocycles. The van der Waals surface area contributed by atoms with Gasteiger partial charge in [-0.2, -0.15) is 5.10 Å². The van der Waals surface area contributed by atoms with E-state index in [1.807, 2.05) is 19.1 Å². The predicted molar refractivity (Wildman–Crippen MR) is 81.6 cm³/mol. The highest BCUT2D eigenvalue weighted by Crippen LogP contribution is 2.38. The molecular weight excluding hydrogens is 252 g/mol. The van der Waals surface area contributed by atoms with Crippen molar-refractivity contribution in [3.05, 3.63) is 0 Å². The molecule has 2 fully saturated rings. The van der Waals surface area contributed by atoms with Crippen LogP contribution in [0, 0.1) is 23.7 Å². The van der Waals surface area contributed by atoms with Crippen molar-refractivity contribution >= 4 is 5.71 Å². The molecule has 116 valence electrons. The van der Waals surface area contributed by atoms with E-state index in [1.54, 1.807) is 0 Å². The van der Waals surface area contributed by atoms with Gasteiger partial charge in [0, 0.05) is 38.1 Å². The summed E-state index contributed by atoms with van der Waals surface area (Å²) in [7, 11) is 4.03. The molecule has 4 nitrogen and oxygen atoms in total. The summed E-state index contributed by atoms with van der Waals surface area (Å²) in [5.74, 6) is 2.40. The topological polar surface area (TPSA) is 34.1 Å². The summed E-state index contributed by atoms with van der Waals surface area (Å²) in [5.41, 5.74) is 1.36. The first-order valence-electron chi connectivity index (χ1n) is 7.98. The van der Waals surface area contributed by atoms with Gasteiger partial charge in [0.1, 0.15) is 0 Å². The van der Waals surface area contributed by atoms with Gasteiger partial charge in [0.05, 0.1) is 13.2 Å². The Kier molecular flexibility index (Phi) is 5.44. The maximum Gasteiger partial charge on any atom is 0.158 e. The van der Waals surface area contributed by atoms with Crippen LogP contribution >= 0.6 is 0 Å². The smallest absolute Gasteiger partial charge is 0.158 e. The van der Waals surface area contributed by atoms with Crippen molar-refractivity contribution in [2.75, 3.05) is 27.3 Å². The van der Waals surface area contributed by atoms with E-state index >= 15 is 0 Å². The third kappa shape index (κ3) is 3.73. The Morgan fingerprint density at radius 3 is 2.40 bits per heavy atom. The first-order chi connectivity index (χ1) is 9.49. The van der Waals surface area contributed by atoms with Gasteiger partial charge in [0.2, 0.25) is 0 Å². The van der Waals surface area contributed by atoms with Gasteiger partial charge in [0.15, 0.2) is 6.29 Å². The number of hydrogen-bond acceptors (Lipinski definition) is 4. The zero-order valence-electron chi connectivity index (χ0n) is 13.6. The van der Waals surface area contributed by atoms with Crippen molar-refractivity contribution in [2.24, 2.45) is 28.8 Å². The second-order valence-corrected chi connectivity index (χ2v) is 6.79. The van der Waals surface area contributed by atoms with E-state index in [1.165, 1.54) is 18.6 Å². The van der Waals surface area contributed by atoms with Crippen LogP contribution in [0.15, 0.2) is 5.10 Å². The van der Waals surface area contributed by atoms with Crippen LogP contribution in [-0.2, 0) is 9.47 Å². The van der Waals surface area contributed by atoms with Crippen LogP contribution in [0.2, 0.25) is 0 Å². The van der Waals surface area contributed by atoms with Gasteiger partial charge < -0.3 is 14.5 Å². The highest BCUT2D eigenvalue weighted by molar-refractivity contribution is 5.90. The Hall–Kier alpha value is -0.610. The first kappa shape index (κ1) is 15.8. The molecule has 1 saturated carbocycles. The van der Waals surface area contributed by atoms with Crippen LogP contribution in [0.4, 0.5) is 0 Å². The van der Waals surface area contributed by atoms with Crippen LogP contribution < -0.4 is 0 Å². The SMILES string of the molecule is CC(C)C1CCC(C)C(CC2OCCO2)/C1=N/N(C)C. The van der Waals surface area contributed by atoms with Gasteiger partial charge in [-0.25, -0.2) is 0 Å². The van der Waals surface area contributed by atoms with Crippen LogP contribution in [0.25, 0.3) is 0 Å². The van der Waals surface area contributed by atoms with E-state index in [-0.39, 0.29) is 6.29 Å². The molecule has 20 heavy (non-hydrogen) atoms. The third-order valence-electron chi connectivity index (χ3n) is 4.64. The molecule has 0 amide bonds. The lowest BCUT2D eigenvalue weighted by atomic mass is 9.68. The van der Waals surface area contributed by atoms with E-state index < -0.39 is 0 Å². The van der Waals surface area contributed by atoms with Gasteiger partial charge in [-0.1, -0.05) is 20.8 Å². The monoisotopic (exact) mass is 282 g/mol. The summed E-state index contributed by atoms with van der Waals surface area (Å²) >= 11 is 0. The Bertz CT molecular complexity index is 335. The lowest BCUT2D eigenvalue weighted by Crippen LogP contribution is -2.39. The van der Waals surface area contributed by atoms with E-state index in [2.05, 4.69) is 20.8 Å². The molecule has 2 aliphatic rings. The standard InChI is InChI=1S/C16H30N2O2/c1-11(2)13-7-6-12(3)14(16(13)17-18(4)5)10-15-19-8-9-20-15/h11-15H,6-10H2,1-5H3/b17-16+. The Morgan fingerprint density at radius 1 is 1.20 bits per heavy atom. The lowest BCUT2D eigenvalue weighted by Gasteiger charge is -2.39. The maximum atomic E-state index is 5.66. The molecule has 0 aromatic carbocycles. The van der Waals surface area contributed by atoms with Crippen molar-refractivity contribution in [3.63, 3.8) is 0 Å². The van der Waals surface area contributed by atoms with Crippen molar-refractivity contribution in [3.8, 4) is 0 Å². The van der Waals surface area contributed by atoms with Gasteiger partial charge in [-0.05, 0) is 24.7 Å². The minimum absolute atomic E-state index is 0.0271. The maximum absolute atomic E-state index is 5.66. The van der Waals surface area contributed by atoms with Crippen molar-refractivity contribution in [2.45, 2.75) is 46.3 Å². The molecule has 0 aromatic heterocycles. The normalized spacial score (nSPS) is 34.1. The van der Waals surface area contributed by atoms with Crippen molar-refractivity contribution in [1.29, 1.82) is 0 Å². The summed E-state index contributed by atoms with van der Waals surface area (Å²) < 4.78 is 11.3. The number of hydrazone groups is 1. The average Bonchev–Trinajstić information content (AvgIpc) is 2.85. The second kappa shape index (κ2) is 6.90. The molecular formula is C16H30N2O2. The molecule has 2 rings (SSSR count). The van der Waals surface area contributed by atoms with Gasteiger partial charge in [0.25, 0.3) is 0 Å². The van der Waals surface area contributed by atoms with E-state index in [9.17, 15) is 0 Å². The minimum Gasteiger partial charge on any atom is -0.350 e. The first-order valence-corrected chi connectivity index (χ1v) is 7.98. The number of ether oxygens (including phenoxy) is 2. The highest BCUT2D eigenvalue weighted by atomic mass is 16.7. The molecule has 4 heteroatoms. The molecule has 0 bridgehead atoms. The average molecular weight is 282 g/mol. The summed E-state index contributed by atoms with van der Waals surface area (Å²) in [4.78, 5) is 0. The fraction of sp³-hybridized carbons (Fsp3) is 0.938. The molecule has 1 heterocycles. The summed E-state index contributed by atoms with van der Waals surface area (Å²) in [5, 5.41) is 6.80. The quantitative estimate of drug-likeness (QED) is 0.743. The number of hydrogen-bond donors (Lipinski definition) is 0. The van der Waals surface area contributed by atoms with Gasteiger partial charge in [-0.3, -0.25) is 0 Å². The van der Waals surface area contributed by atoms with E-state index in [0.29, 0.717) is 23.7 Å². The summed E-state index contributed by atoms with van der Waals surface area (Å²) in [6, 6.07) is 0. The van der Waals surface area contributed by atoms with E-state index in [4.69, 9.17) is 14.6 Å². The zero-order chi connectivity index (χ0) is 14.7. The molecule has 0 spiro atoms. The number of nitrogens with zero attached hydrogens (tertiary/aromatic N) is 2. The molecule has 0 aromatic rings. The van der Waals surface area contributed by atoms with E-state index in [0.717, 1.165) is 19.6 Å². The highest BCUT2D eigenvalue weighted by Gasteiger charge is 2.38. The Morgan fingerprint density at radius 2 is 1.85 bits per heavy atom. The van der Waals surface area contributed by atoms with Crippen molar-refractivity contribution in [1.82, 2.24) is 5.01 Å². The van der Waals surface area contributed by atoms with Crippen LogP contribution in [0.3, 0.4) is 0 Å². The lowest BCUT2D eigenvalue weighted by molar-refractivity contribution is -0.0570. The second-order valence-electron chi connectivity index (χ2n) is 6.79. The summed E-state index contributed by atoms with van der Waals surface area (Å²) in [6.07, 6.45) is 3.47. The van der Waals surface area contributed by atoms with Gasteiger partial charge in [-0.15, -0.1) is 0 Å². The number of rotatable bonds is 4. The van der Waals surface area contributed by atoms with Crippen LogP contribution in [-0.4, -0.2) is 44.3 Å². The molecule has 1 aliphatic carbocycles. The fourth-order valence-electron chi connectivity index (χ4n) is 3.52. The van der Waals surface area contributed by atoms with Crippen LogP contribution in [0.1, 0.15) is 40.0 Å². The minimum atomic E-state index is -0.0271. The Labute approximate surface area is 123 Å².